The molecule has 104 valence electrons. The van der Waals surface area contributed by atoms with Gasteiger partial charge in [0.05, 0.1) is 7.11 Å². The van der Waals surface area contributed by atoms with Crippen LogP contribution in [0, 0.1) is 0 Å². The monoisotopic (exact) mass is 275 g/mol. The molecule has 0 saturated heterocycles. The van der Waals surface area contributed by atoms with E-state index in [0.29, 0.717) is 0 Å². The molecule has 21 heavy (non-hydrogen) atoms. The summed E-state index contributed by atoms with van der Waals surface area (Å²) in [6.07, 6.45) is 0. The molecule has 3 rings (SSSR count). The Kier molecular flexibility index (Phi) is 3.61. The van der Waals surface area contributed by atoms with Crippen molar-refractivity contribution in [3.63, 3.8) is 0 Å². The van der Waals surface area contributed by atoms with Gasteiger partial charge in [0.1, 0.15) is 5.75 Å². The summed E-state index contributed by atoms with van der Waals surface area (Å²) >= 11 is 0. The fourth-order valence-corrected chi connectivity index (χ4v) is 2.44. The lowest BCUT2D eigenvalue weighted by atomic mass is 9.94. The lowest BCUT2D eigenvalue weighted by Crippen LogP contribution is -1.90. The predicted molar refractivity (Wildman–Crippen MR) is 88.3 cm³/mol. The number of nitrogens with two attached hydrogens (primary N) is 1. The molecule has 0 aromatic heterocycles. The van der Waals surface area contributed by atoms with Crippen LogP contribution in [-0.4, -0.2) is 7.11 Å². The molecule has 0 aliphatic rings. The summed E-state index contributed by atoms with van der Waals surface area (Å²) in [5.41, 5.74) is 11.4. The highest BCUT2D eigenvalue weighted by Crippen LogP contribution is 2.34. The summed E-state index contributed by atoms with van der Waals surface area (Å²) in [6.45, 7) is 0. The van der Waals surface area contributed by atoms with Crippen LogP contribution in [0.3, 0.4) is 0 Å². The van der Waals surface area contributed by atoms with Crippen molar-refractivity contribution < 1.29 is 4.74 Å². The molecule has 3 aromatic rings. The van der Waals surface area contributed by atoms with E-state index in [0.717, 1.165) is 22.6 Å². The van der Waals surface area contributed by atoms with Crippen molar-refractivity contribution in [3.8, 4) is 28.0 Å². The van der Waals surface area contributed by atoms with Crippen LogP contribution in [0.1, 0.15) is 0 Å². The van der Waals surface area contributed by atoms with E-state index < -0.39 is 0 Å². The van der Waals surface area contributed by atoms with E-state index in [-0.39, 0.29) is 0 Å². The third kappa shape index (κ3) is 2.75. The number of anilines is 1. The van der Waals surface area contributed by atoms with E-state index in [9.17, 15) is 0 Å². The average Bonchev–Trinajstić information content (AvgIpc) is 2.56. The van der Waals surface area contributed by atoms with Crippen LogP contribution < -0.4 is 10.5 Å². The van der Waals surface area contributed by atoms with Crippen LogP contribution in [0.4, 0.5) is 5.69 Å². The molecule has 0 spiro atoms. The van der Waals surface area contributed by atoms with Gasteiger partial charge in [0.25, 0.3) is 0 Å². The number of methoxy groups -OCH3 is 1. The van der Waals surface area contributed by atoms with E-state index >= 15 is 0 Å². The van der Waals surface area contributed by atoms with Gasteiger partial charge in [-0.05, 0) is 46.5 Å². The van der Waals surface area contributed by atoms with Crippen LogP contribution in [0.15, 0.2) is 72.8 Å². The topological polar surface area (TPSA) is 35.2 Å². The highest BCUT2D eigenvalue weighted by atomic mass is 16.5. The SMILES string of the molecule is COc1ccc(-c2cc(N)ccc2-c2ccccc2)cc1. The van der Waals surface area contributed by atoms with Crippen molar-refractivity contribution in [2.75, 3.05) is 12.8 Å². The molecular formula is C19H17NO. The summed E-state index contributed by atoms with van der Waals surface area (Å²) in [5.74, 6) is 0.851. The third-order valence-corrected chi connectivity index (χ3v) is 3.53. The zero-order chi connectivity index (χ0) is 14.7. The van der Waals surface area contributed by atoms with Gasteiger partial charge >= 0.3 is 0 Å². The second-order valence-electron chi connectivity index (χ2n) is 4.90. The van der Waals surface area contributed by atoms with Crippen LogP contribution in [-0.2, 0) is 0 Å². The number of ether oxygens (including phenoxy) is 1. The fraction of sp³-hybridized carbons (Fsp3) is 0.0526. The predicted octanol–water partition coefficient (Wildman–Crippen LogP) is 4.61. The summed E-state index contributed by atoms with van der Waals surface area (Å²) in [5, 5.41) is 0. The molecule has 2 N–H and O–H groups in total. The Morgan fingerprint density at radius 2 is 1.38 bits per heavy atom. The lowest BCUT2D eigenvalue weighted by Gasteiger charge is -2.12. The number of hydrogen-bond acceptors (Lipinski definition) is 2. The number of benzene rings is 3. The Morgan fingerprint density at radius 1 is 0.714 bits per heavy atom. The fourth-order valence-electron chi connectivity index (χ4n) is 2.44. The van der Waals surface area contributed by atoms with Gasteiger partial charge in [0, 0.05) is 5.69 Å². The Balaban J connectivity index is 2.14. The molecule has 0 aliphatic heterocycles. The second kappa shape index (κ2) is 5.71. The van der Waals surface area contributed by atoms with Crippen LogP contribution >= 0.6 is 0 Å². The Morgan fingerprint density at radius 3 is 2.05 bits per heavy atom. The molecule has 0 heterocycles. The maximum absolute atomic E-state index is 5.97. The zero-order valence-electron chi connectivity index (χ0n) is 11.9. The first-order valence-electron chi connectivity index (χ1n) is 6.87. The van der Waals surface area contributed by atoms with Gasteiger partial charge in [-0.25, -0.2) is 0 Å². The molecule has 0 aliphatic carbocycles. The summed E-state index contributed by atoms with van der Waals surface area (Å²) in [6, 6.07) is 24.4. The molecule has 0 radical (unpaired) electrons. The van der Waals surface area contributed by atoms with E-state index in [1.165, 1.54) is 11.1 Å². The minimum absolute atomic E-state index is 0.764. The van der Waals surface area contributed by atoms with Gasteiger partial charge < -0.3 is 10.5 Å². The van der Waals surface area contributed by atoms with Crippen LogP contribution in [0.2, 0.25) is 0 Å². The highest BCUT2D eigenvalue weighted by Gasteiger charge is 2.08. The molecule has 0 saturated carbocycles. The minimum Gasteiger partial charge on any atom is -0.497 e. The van der Waals surface area contributed by atoms with Gasteiger partial charge in [0.2, 0.25) is 0 Å². The number of hydrogen-bond donors (Lipinski definition) is 1. The highest BCUT2D eigenvalue weighted by molar-refractivity contribution is 5.85. The van der Waals surface area contributed by atoms with Crippen molar-refractivity contribution in [3.05, 3.63) is 72.8 Å². The normalized spacial score (nSPS) is 10.3. The van der Waals surface area contributed by atoms with Crippen molar-refractivity contribution in [1.29, 1.82) is 0 Å². The molecule has 0 bridgehead atoms. The quantitative estimate of drug-likeness (QED) is 0.708. The van der Waals surface area contributed by atoms with Gasteiger partial charge in [-0.15, -0.1) is 0 Å². The van der Waals surface area contributed by atoms with E-state index in [4.69, 9.17) is 10.5 Å². The van der Waals surface area contributed by atoms with Gasteiger partial charge in [-0.2, -0.15) is 0 Å². The molecule has 0 amide bonds. The second-order valence-corrected chi connectivity index (χ2v) is 4.90. The van der Waals surface area contributed by atoms with Crippen LogP contribution in [0.5, 0.6) is 5.75 Å². The Hall–Kier alpha value is -2.74. The number of nitrogen functional groups attached to an aromatic ring is 1. The largest absolute Gasteiger partial charge is 0.497 e. The number of rotatable bonds is 3. The van der Waals surface area contributed by atoms with E-state index in [2.05, 4.69) is 30.3 Å². The summed E-state index contributed by atoms with van der Waals surface area (Å²) < 4.78 is 5.22. The Bertz CT molecular complexity index is 733. The molecule has 0 fully saturated rings. The molecule has 2 nitrogen and oxygen atoms in total. The smallest absolute Gasteiger partial charge is 0.118 e. The van der Waals surface area contributed by atoms with E-state index in [1.807, 2.05) is 42.5 Å². The maximum atomic E-state index is 5.97. The third-order valence-electron chi connectivity index (χ3n) is 3.53. The molecular weight excluding hydrogens is 258 g/mol. The first-order valence-corrected chi connectivity index (χ1v) is 6.87. The van der Waals surface area contributed by atoms with Gasteiger partial charge in [-0.1, -0.05) is 48.5 Å². The van der Waals surface area contributed by atoms with E-state index in [1.54, 1.807) is 7.11 Å². The van der Waals surface area contributed by atoms with Crippen molar-refractivity contribution in [2.24, 2.45) is 0 Å². The van der Waals surface area contributed by atoms with Gasteiger partial charge in [0.15, 0.2) is 0 Å². The van der Waals surface area contributed by atoms with Crippen LogP contribution in [0.25, 0.3) is 22.3 Å². The average molecular weight is 275 g/mol. The summed E-state index contributed by atoms with van der Waals surface area (Å²) in [7, 11) is 1.67. The minimum atomic E-state index is 0.764. The zero-order valence-corrected chi connectivity index (χ0v) is 11.9. The maximum Gasteiger partial charge on any atom is 0.118 e. The molecule has 0 unspecified atom stereocenters. The Labute approximate surface area is 124 Å². The first-order chi connectivity index (χ1) is 10.3. The molecule has 0 atom stereocenters. The van der Waals surface area contributed by atoms with Gasteiger partial charge in [-0.3, -0.25) is 0 Å². The summed E-state index contributed by atoms with van der Waals surface area (Å²) in [4.78, 5) is 0. The molecule has 3 aromatic carbocycles. The molecule has 2 heteroatoms. The standard InChI is InChI=1S/C19H17NO/c1-21-17-10-7-15(8-11-17)19-13-16(20)9-12-18(19)14-5-3-2-4-6-14/h2-13H,20H2,1H3. The first kappa shape index (κ1) is 13.3. The van der Waals surface area contributed by atoms with Crippen molar-refractivity contribution >= 4 is 5.69 Å². The van der Waals surface area contributed by atoms with Crippen molar-refractivity contribution in [1.82, 2.24) is 0 Å². The van der Waals surface area contributed by atoms with Crippen molar-refractivity contribution in [2.45, 2.75) is 0 Å². The lowest BCUT2D eigenvalue weighted by molar-refractivity contribution is 0.415.